The quantitative estimate of drug-likeness (QED) is 0.227. The minimum Gasteiger partial charge on any atom is -0.496 e. The van der Waals surface area contributed by atoms with Crippen LogP contribution in [0.3, 0.4) is 0 Å². The van der Waals surface area contributed by atoms with Crippen molar-refractivity contribution in [2.24, 2.45) is 0 Å². The number of ether oxygens (including phenoxy) is 1. The maximum absolute atomic E-state index is 12.3. The molecule has 0 saturated carbocycles. The van der Waals surface area contributed by atoms with Gasteiger partial charge in [-0.05, 0) is 91.8 Å². The van der Waals surface area contributed by atoms with E-state index in [9.17, 15) is 4.79 Å². The summed E-state index contributed by atoms with van der Waals surface area (Å²) >= 11 is 8.71. The minimum absolute atomic E-state index is 0.174. The van der Waals surface area contributed by atoms with Gasteiger partial charge in [0.1, 0.15) is 11.3 Å². The summed E-state index contributed by atoms with van der Waals surface area (Å²) in [7, 11) is 1.58. The second kappa shape index (κ2) is 10.2. The molecule has 1 heterocycles. The number of benzene rings is 3. The van der Waals surface area contributed by atoms with Gasteiger partial charge in [0.05, 0.1) is 7.11 Å². The SMILES string of the molecule is COc1ccc(Br)cc1C=CC(=O)NC(=S)Nc1ccc2oc(-c3ccc(C)c(C)c3)nc2c1. The summed E-state index contributed by atoms with van der Waals surface area (Å²) in [5.41, 5.74) is 6.12. The lowest BCUT2D eigenvalue weighted by Crippen LogP contribution is -2.32. The zero-order valence-corrected chi connectivity index (χ0v) is 21.2. The van der Waals surface area contributed by atoms with Crippen molar-refractivity contribution in [2.75, 3.05) is 12.4 Å². The van der Waals surface area contributed by atoms with Gasteiger partial charge in [0, 0.05) is 27.4 Å². The Labute approximate surface area is 211 Å². The number of amides is 1. The topological polar surface area (TPSA) is 76.4 Å². The van der Waals surface area contributed by atoms with Gasteiger partial charge in [-0.2, -0.15) is 0 Å². The first-order chi connectivity index (χ1) is 16.3. The standard InChI is InChI=1S/C26H22BrN3O3S/c1-15-4-5-18(12-16(15)2)25-29-21-14-20(8-10-23(21)33-25)28-26(34)30-24(31)11-6-17-13-19(27)7-9-22(17)32-3/h4-14H,1-3H3,(H2,28,30,31,34). The summed E-state index contributed by atoms with van der Waals surface area (Å²) in [4.78, 5) is 16.9. The van der Waals surface area contributed by atoms with Gasteiger partial charge in [-0.1, -0.05) is 22.0 Å². The predicted molar refractivity (Wildman–Crippen MR) is 143 cm³/mol. The first-order valence-electron chi connectivity index (χ1n) is 10.4. The number of thiocarbonyl (C=S) groups is 1. The number of rotatable bonds is 5. The van der Waals surface area contributed by atoms with Crippen molar-refractivity contribution in [2.45, 2.75) is 13.8 Å². The third-order valence-electron chi connectivity index (χ3n) is 5.24. The molecule has 0 radical (unpaired) electrons. The molecular formula is C26H22BrN3O3S. The molecule has 172 valence electrons. The van der Waals surface area contributed by atoms with Crippen LogP contribution in [0.15, 0.2) is 69.6 Å². The number of oxazole rings is 1. The van der Waals surface area contributed by atoms with E-state index in [0.717, 1.165) is 15.6 Å². The van der Waals surface area contributed by atoms with E-state index >= 15 is 0 Å². The van der Waals surface area contributed by atoms with Crippen molar-refractivity contribution in [3.8, 4) is 17.2 Å². The molecule has 6 nitrogen and oxygen atoms in total. The number of nitrogens with zero attached hydrogens (tertiary/aromatic N) is 1. The van der Waals surface area contributed by atoms with Gasteiger partial charge >= 0.3 is 0 Å². The molecule has 0 atom stereocenters. The van der Waals surface area contributed by atoms with E-state index in [0.29, 0.717) is 28.4 Å². The van der Waals surface area contributed by atoms with Crippen LogP contribution in [-0.2, 0) is 4.79 Å². The minimum atomic E-state index is -0.362. The van der Waals surface area contributed by atoms with Crippen LogP contribution < -0.4 is 15.4 Å². The fourth-order valence-electron chi connectivity index (χ4n) is 3.32. The molecule has 0 aliphatic carbocycles. The number of anilines is 1. The molecule has 1 aromatic heterocycles. The fourth-order valence-corrected chi connectivity index (χ4v) is 3.92. The van der Waals surface area contributed by atoms with Gasteiger partial charge in [0.25, 0.3) is 0 Å². The highest BCUT2D eigenvalue weighted by Crippen LogP contribution is 2.27. The van der Waals surface area contributed by atoms with Crippen molar-refractivity contribution in [1.82, 2.24) is 10.3 Å². The van der Waals surface area contributed by atoms with E-state index in [1.54, 1.807) is 13.2 Å². The maximum atomic E-state index is 12.3. The van der Waals surface area contributed by atoms with E-state index < -0.39 is 0 Å². The normalized spacial score (nSPS) is 11.1. The Kier molecular flexibility index (Phi) is 7.09. The molecule has 34 heavy (non-hydrogen) atoms. The summed E-state index contributed by atoms with van der Waals surface area (Å²) in [5, 5.41) is 5.83. The molecule has 0 aliphatic heterocycles. The molecule has 1 amide bonds. The van der Waals surface area contributed by atoms with Crippen LogP contribution in [-0.4, -0.2) is 23.1 Å². The molecule has 3 aromatic carbocycles. The summed E-state index contributed by atoms with van der Waals surface area (Å²) in [6.07, 6.45) is 3.06. The lowest BCUT2D eigenvalue weighted by molar-refractivity contribution is -0.115. The monoisotopic (exact) mass is 535 g/mol. The summed E-state index contributed by atoms with van der Waals surface area (Å²) in [6.45, 7) is 4.13. The van der Waals surface area contributed by atoms with Crippen molar-refractivity contribution in [1.29, 1.82) is 0 Å². The van der Waals surface area contributed by atoms with Gasteiger partial charge in [-0.15, -0.1) is 0 Å². The zero-order valence-electron chi connectivity index (χ0n) is 18.8. The van der Waals surface area contributed by atoms with E-state index in [1.807, 2.05) is 42.5 Å². The van der Waals surface area contributed by atoms with E-state index in [-0.39, 0.29) is 11.0 Å². The van der Waals surface area contributed by atoms with Crippen LogP contribution in [0.5, 0.6) is 5.75 Å². The number of hydrogen-bond acceptors (Lipinski definition) is 5. The molecule has 4 rings (SSSR count). The van der Waals surface area contributed by atoms with Gasteiger partial charge in [-0.3, -0.25) is 10.1 Å². The second-order valence-electron chi connectivity index (χ2n) is 7.66. The number of carbonyl (C=O) groups excluding carboxylic acids is 1. The fraction of sp³-hybridized carbons (Fsp3) is 0.115. The van der Waals surface area contributed by atoms with Gasteiger partial charge in [-0.25, -0.2) is 4.98 Å². The van der Waals surface area contributed by atoms with Gasteiger partial charge in [0.15, 0.2) is 10.7 Å². The summed E-state index contributed by atoms with van der Waals surface area (Å²) in [6, 6.07) is 17.1. The zero-order chi connectivity index (χ0) is 24.2. The number of methoxy groups -OCH3 is 1. The third kappa shape index (κ3) is 5.52. The van der Waals surface area contributed by atoms with Crippen molar-refractivity contribution in [3.63, 3.8) is 0 Å². The van der Waals surface area contributed by atoms with E-state index in [1.165, 1.54) is 17.2 Å². The van der Waals surface area contributed by atoms with Crippen LogP contribution in [0, 0.1) is 13.8 Å². The molecular weight excluding hydrogens is 514 g/mol. The third-order valence-corrected chi connectivity index (χ3v) is 5.94. The summed E-state index contributed by atoms with van der Waals surface area (Å²) in [5.74, 6) is 0.854. The van der Waals surface area contributed by atoms with E-state index in [2.05, 4.69) is 57.5 Å². The molecule has 4 aromatic rings. The molecule has 0 spiro atoms. The lowest BCUT2D eigenvalue weighted by atomic mass is 10.1. The number of carbonyl (C=O) groups is 1. The maximum Gasteiger partial charge on any atom is 0.250 e. The molecule has 8 heteroatoms. The Morgan fingerprint density at radius 1 is 1.09 bits per heavy atom. The number of fused-ring (bicyclic) bond motifs is 1. The first-order valence-corrected chi connectivity index (χ1v) is 11.6. The number of aryl methyl sites for hydroxylation is 2. The number of nitrogens with one attached hydrogen (secondary N) is 2. The van der Waals surface area contributed by atoms with Crippen LogP contribution in [0.25, 0.3) is 28.6 Å². The lowest BCUT2D eigenvalue weighted by Gasteiger charge is -2.08. The van der Waals surface area contributed by atoms with Crippen LogP contribution >= 0.6 is 28.1 Å². The molecule has 0 saturated heterocycles. The average molecular weight is 536 g/mol. The number of hydrogen-bond donors (Lipinski definition) is 2. The Hall–Kier alpha value is -3.49. The Balaban J connectivity index is 1.43. The van der Waals surface area contributed by atoms with Gasteiger partial charge < -0.3 is 14.5 Å². The number of halogens is 1. The van der Waals surface area contributed by atoms with Crippen molar-refractivity contribution < 1.29 is 13.9 Å². The first kappa shape index (κ1) is 23.7. The Morgan fingerprint density at radius 3 is 2.68 bits per heavy atom. The smallest absolute Gasteiger partial charge is 0.250 e. The molecule has 0 fully saturated rings. The average Bonchev–Trinajstić information content (AvgIpc) is 3.23. The second-order valence-corrected chi connectivity index (χ2v) is 8.99. The van der Waals surface area contributed by atoms with Crippen molar-refractivity contribution in [3.05, 3.63) is 81.8 Å². The molecule has 0 aliphatic rings. The molecule has 0 unspecified atom stereocenters. The summed E-state index contributed by atoms with van der Waals surface area (Å²) < 4.78 is 12.1. The highest BCUT2D eigenvalue weighted by atomic mass is 79.9. The van der Waals surface area contributed by atoms with Crippen molar-refractivity contribution >= 4 is 62.0 Å². The molecule has 0 bridgehead atoms. The highest BCUT2D eigenvalue weighted by Gasteiger charge is 2.11. The van der Waals surface area contributed by atoms with Crippen LogP contribution in [0.2, 0.25) is 0 Å². The highest BCUT2D eigenvalue weighted by molar-refractivity contribution is 9.10. The predicted octanol–water partition coefficient (Wildman–Crippen LogP) is 6.41. The largest absolute Gasteiger partial charge is 0.496 e. The Bertz CT molecular complexity index is 1430. The van der Waals surface area contributed by atoms with Crippen LogP contribution in [0.4, 0.5) is 5.69 Å². The van der Waals surface area contributed by atoms with Gasteiger partial charge in [0.2, 0.25) is 11.8 Å². The van der Waals surface area contributed by atoms with E-state index in [4.69, 9.17) is 21.4 Å². The Morgan fingerprint density at radius 2 is 1.91 bits per heavy atom. The number of aromatic nitrogens is 1. The molecule has 2 N–H and O–H groups in total. The van der Waals surface area contributed by atoms with Crippen LogP contribution in [0.1, 0.15) is 16.7 Å².